The monoisotopic (exact) mass is 271 g/mol. The summed E-state index contributed by atoms with van der Waals surface area (Å²) in [6.45, 7) is 10.8. The zero-order valence-corrected chi connectivity index (χ0v) is 12.6. The summed E-state index contributed by atoms with van der Waals surface area (Å²) in [6, 6.07) is 0. The smallest absolute Gasteiger partial charge is 0.237 e. The van der Waals surface area contributed by atoms with E-state index >= 15 is 0 Å². The van der Waals surface area contributed by atoms with E-state index < -0.39 is 5.54 Å². The lowest BCUT2D eigenvalue weighted by Crippen LogP contribution is -2.61. The van der Waals surface area contributed by atoms with Crippen LogP contribution in [0.1, 0.15) is 40.0 Å². The van der Waals surface area contributed by atoms with Gasteiger partial charge in [-0.3, -0.25) is 4.79 Å². The molecule has 19 heavy (non-hydrogen) atoms. The van der Waals surface area contributed by atoms with E-state index in [9.17, 15) is 4.79 Å². The summed E-state index contributed by atoms with van der Waals surface area (Å²) in [7, 11) is 0. The van der Waals surface area contributed by atoms with Gasteiger partial charge >= 0.3 is 0 Å². The lowest BCUT2D eigenvalue weighted by molar-refractivity contribution is -0.131. The van der Waals surface area contributed by atoms with Crippen LogP contribution in [0.25, 0.3) is 0 Å². The molecule has 1 heterocycles. The molecule has 0 radical (unpaired) electrons. The van der Waals surface area contributed by atoms with Crippen LogP contribution >= 0.6 is 0 Å². The SMILES string of the molecule is CCC1CC(NCCN(CC)CC)(C(N)=O)CCO1. The van der Waals surface area contributed by atoms with E-state index in [-0.39, 0.29) is 12.0 Å². The maximum atomic E-state index is 11.8. The molecule has 5 heteroatoms. The number of nitrogens with one attached hydrogen (secondary N) is 1. The zero-order valence-electron chi connectivity index (χ0n) is 12.6. The second kappa shape index (κ2) is 7.82. The Morgan fingerprint density at radius 3 is 2.63 bits per heavy atom. The standard InChI is InChI=1S/C14H29N3O2/c1-4-12-11-14(13(15)18,7-10-19-12)16-8-9-17(5-2)6-3/h12,16H,4-11H2,1-3H3,(H2,15,18). The molecule has 1 fully saturated rings. The van der Waals surface area contributed by atoms with Gasteiger partial charge in [-0.15, -0.1) is 0 Å². The van der Waals surface area contributed by atoms with Gasteiger partial charge in [-0.05, 0) is 25.9 Å². The minimum atomic E-state index is -0.577. The molecule has 2 unspecified atom stereocenters. The second-order valence-electron chi connectivity index (χ2n) is 5.26. The summed E-state index contributed by atoms with van der Waals surface area (Å²) in [5.74, 6) is -0.242. The van der Waals surface area contributed by atoms with Crippen LogP contribution in [-0.2, 0) is 9.53 Å². The highest BCUT2D eigenvalue weighted by molar-refractivity contribution is 5.84. The molecule has 112 valence electrons. The Labute approximate surface area is 116 Å². The molecule has 5 nitrogen and oxygen atoms in total. The predicted octanol–water partition coefficient (Wildman–Crippen LogP) is 0.731. The third kappa shape index (κ3) is 4.44. The van der Waals surface area contributed by atoms with Crippen molar-refractivity contribution in [1.29, 1.82) is 0 Å². The van der Waals surface area contributed by atoms with Crippen LogP contribution in [0.4, 0.5) is 0 Å². The summed E-state index contributed by atoms with van der Waals surface area (Å²) in [5.41, 5.74) is 5.05. The number of hydrogen-bond donors (Lipinski definition) is 2. The first-order chi connectivity index (χ1) is 9.07. The van der Waals surface area contributed by atoms with Crippen molar-refractivity contribution in [3.8, 4) is 0 Å². The fourth-order valence-electron chi connectivity index (χ4n) is 2.68. The Kier molecular flexibility index (Phi) is 6.75. The number of likely N-dealkylation sites (N-methyl/N-ethyl adjacent to an activating group) is 1. The lowest BCUT2D eigenvalue weighted by Gasteiger charge is -2.39. The molecule has 3 N–H and O–H groups in total. The molecule has 1 amide bonds. The van der Waals surface area contributed by atoms with Crippen molar-refractivity contribution in [2.45, 2.75) is 51.7 Å². The number of carbonyl (C=O) groups is 1. The number of ether oxygens (including phenoxy) is 1. The van der Waals surface area contributed by atoms with Crippen molar-refractivity contribution in [2.24, 2.45) is 5.73 Å². The summed E-state index contributed by atoms with van der Waals surface area (Å²) >= 11 is 0. The summed E-state index contributed by atoms with van der Waals surface area (Å²) in [5, 5.41) is 3.40. The normalized spacial score (nSPS) is 27.7. The van der Waals surface area contributed by atoms with Crippen LogP contribution in [0.2, 0.25) is 0 Å². The van der Waals surface area contributed by atoms with Crippen molar-refractivity contribution < 1.29 is 9.53 Å². The van der Waals surface area contributed by atoms with Crippen molar-refractivity contribution in [3.05, 3.63) is 0 Å². The van der Waals surface area contributed by atoms with E-state index in [1.165, 1.54) is 0 Å². The Morgan fingerprint density at radius 1 is 1.42 bits per heavy atom. The molecule has 0 aromatic heterocycles. The molecule has 0 saturated carbocycles. The van der Waals surface area contributed by atoms with Crippen molar-refractivity contribution in [1.82, 2.24) is 10.2 Å². The van der Waals surface area contributed by atoms with Gasteiger partial charge in [0.1, 0.15) is 5.54 Å². The topological polar surface area (TPSA) is 67.6 Å². The molecule has 0 aromatic rings. The van der Waals surface area contributed by atoms with Gasteiger partial charge < -0.3 is 20.7 Å². The fraction of sp³-hybridized carbons (Fsp3) is 0.929. The van der Waals surface area contributed by atoms with Crippen LogP contribution < -0.4 is 11.1 Å². The first kappa shape index (κ1) is 16.4. The quantitative estimate of drug-likeness (QED) is 0.683. The van der Waals surface area contributed by atoms with E-state index in [4.69, 9.17) is 10.5 Å². The Balaban J connectivity index is 2.54. The molecule has 0 aromatic carbocycles. The highest BCUT2D eigenvalue weighted by Crippen LogP contribution is 2.26. The zero-order chi connectivity index (χ0) is 14.3. The largest absolute Gasteiger partial charge is 0.378 e. The summed E-state index contributed by atoms with van der Waals surface area (Å²) in [4.78, 5) is 14.2. The van der Waals surface area contributed by atoms with Gasteiger partial charge in [0.25, 0.3) is 0 Å². The fourth-order valence-corrected chi connectivity index (χ4v) is 2.68. The Bertz CT molecular complexity index is 282. The van der Waals surface area contributed by atoms with E-state index in [1.807, 2.05) is 0 Å². The van der Waals surface area contributed by atoms with E-state index in [0.717, 1.165) is 32.6 Å². The van der Waals surface area contributed by atoms with Crippen LogP contribution in [0.3, 0.4) is 0 Å². The van der Waals surface area contributed by atoms with Crippen molar-refractivity contribution >= 4 is 5.91 Å². The van der Waals surface area contributed by atoms with Gasteiger partial charge in [0.15, 0.2) is 0 Å². The molecule has 0 spiro atoms. The Hall–Kier alpha value is -0.650. The number of rotatable bonds is 8. The molecule has 1 aliphatic rings. The number of primary amides is 1. The third-order valence-electron chi connectivity index (χ3n) is 4.17. The summed E-state index contributed by atoms with van der Waals surface area (Å²) < 4.78 is 5.64. The summed E-state index contributed by atoms with van der Waals surface area (Å²) in [6.07, 6.45) is 2.43. The van der Waals surface area contributed by atoms with Crippen molar-refractivity contribution in [2.75, 3.05) is 32.8 Å². The van der Waals surface area contributed by atoms with Crippen molar-refractivity contribution in [3.63, 3.8) is 0 Å². The average Bonchev–Trinajstić information content (AvgIpc) is 2.43. The van der Waals surface area contributed by atoms with Gasteiger partial charge in [0.2, 0.25) is 5.91 Å². The van der Waals surface area contributed by atoms with Gasteiger partial charge in [-0.2, -0.15) is 0 Å². The number of hydrogen-bond acceptors (Lipinski definition) is 4. The number of nitrogens with zero attached hydrogens (tertiary/aromatic N) is 1. The number of nitrogens with two attached hydrogens (primary N) is 1. The first-order valence-electron chi connectivity index (χ1n) is 7.46. The third-order valence-corrected chi connectivity index (χ3v) is 4.17. The van der Waals surface area contributed by atoms with E-state index in [0.29, 0.717) is 19.4 Å². The average molecular weight is 271 g/mol. The minimum Gasteiger partial charge on any atom is -0.378 e. The van der Waals surface area contributed by atoms with Gasteiger partial charge in [0.05, 0.1) is 6.10 Å². The molecule has 1 rings (SSSR count). The number of amides is 1. The van der Waals surface area contributed by atoms with Crippen LogP contribution in [-0.4, -0.2) is 55.2 Å². The second-order valence-corrected chi connectivity index (χ2v) is 5.26. The molecular weight excluding hydrogens is 242 g/mol. The van der Waals surface area contributed by atoms with Gasteiger partial charge in [0, 0.05) is 26.1 Å². The first-order valence-corrected chi connectivity index (χ1v) is 7.46. The molecular formula is C14H29N3O2. The Morgan fingerprint density at radius 2 is 2.11 bits per heavy atom. The van der Waals surface area contributed by atoms with Crippen LogP contribution in [0, 0.1) is 0 Å². The maximum absolute atomic E-state index is 11.8. The van der Waals surface area contributed by atoms with Crippen LogP contribution in [0.5, 0.6) is 0 Å². The highest BCUT2D eigenvalue weighted by atomic mass is 16.5. The molecule has 1 saturated heterocycles. The maximum Gasteiger partial charge on any atom is 0.237 e. The van der Waals surface area contributed by atoms with Gasteiger partial charge in [-0.25, -0.2) is 0 Å². The minimum absolute atomic E-state index is 0.141. The predicted molar refractivity (Wildman–Crippen MR) is 77.0 cm³/mol. The highest BCUT2D eigenvalue weighted by Gasteiger charge is 2.41. The van der Waals surface area contributed by atoms with Gasteiger partial charge in [-0.1, -0.05) is 20.8 Å². The molecule has 2 atom stereocenters. The van der Waals surface area contributed by atoms with E-state index in [1.54, 1.807) is 0 Å². The molecule has 0 aliphatic carbocycles. The van der Waals surface area contributed by atoms with E-state index in [2.05, 4.69) is 31.0 Å². The van der Waals surface area contributed by atoms with Crippen LogP contribution in [0.15, 0.2) is 0 Å². The molecule has 1 aliphatic heterocycles. The number of carbonyl (C=O) groups excluding carboxylic acids is 1. The lowest BCUT2D eigenvalue weighted by atomic mass is 9.85. The molecule has 0 bridgehead atoms.